The molecule has 1 aromatic rings. The lowest BCUT2D eigenvalue weighted by Gasteiger charge is -2.21. The molecule has 0 aliphatic carbocycles. The average Bonchev–Trinajstić information content (AvgIpc) is 2.35. The van der Waals surface area contributed by atoms with Crippen LogP contribution in [-0.2, 0) is 6.42 Å². The van der Waals surface area contributed by atoms with Crippen LogP contribution in [0.4, 0.5) is 0 Å². The lowest BCUT2D eigenvalue weighted by atomic mass is 10.0. The highest BCUT2D eigenvalue weighted by Crippen LogP contribution is 2.33. The second-order valence-corrected chi connectivity index (χ2v) is 4.57. The van der Waals surface area contributed by atoms with Gasteiger partial charge in [0, 0.05) is 6.54 Å². The Kier molecular flexibility index (Phi) is 3.89. The fourth-order valence-corrected chi connectivity index (χ4v) is 1.97. The molecule has 0 spiro atoms. The van der Waals surface area contributed by atoms with Crippen LogP contribution in [0.2, 0.25) is 0 Å². The van der Waals surface area contributed by atoms with Crippen molar-refractivity contribution >= 4 is 0 Å². The molecule has 2 rings (SSSR count). The molecule has 0 N–H and O–H groups in total. The predicted molar refractivity (Wildman–Crippen MR) is 69.0 cm³/mol. The summed E-state index contributed by atoms with van der Waals surface area (Å²) in [4.78, 5) is 2.32. The van der Waals surface area contributed by atoms with Crippen molar-refractivity contribution in [1.29, 1.82) is 0 Å². The summed E-state index contributed by atoms with van der Waals surface area (Å²) < 4.78 is 11.2. The molecule has 94 valence electrons. The lowest BCUT2D eigenvalue weighted by Crippen LogP contribution is -2.21. The van der Waals surface area contributed by atoms with Gasteiger partial charge in [-0.3, -0.25) is 0 Å². The third kappa shape index (κ3) is 2.91. The molecule has 0 bridgehead atoms. The van der Waals surface area contributed by atoms with Gasteiger partial charge in [-0.1, -0.05) is 6.92 Å². The highest BCUT2D eigenvalue weighted by atomic mass is 16.6. The van der Waals surface area contributed by atoms with E-state index in [0.717, 1.165) is 31.0 Å². The van der Waals surface area contributed by atoms with Gasteiger partial charge in [-0.05, 0) is 50.2 Å². The third-order valence-electron chi connectivity index (χ3n) is 3.30. The average molecular weight is 235 g/mol. The van der Waals surface area contributed by atoms with Crippen molar-refractivity contribution in [3.8, 4) is 11.5 Å². The third-order valence-corrected chi connectivity index (χ3v) is 3.30. The summed E-state index contributed by atoms with van der Waals surface area (Å²) in [6, 6.07) is 4.23. The zero-order valence-corrected chi connectivity index (χ0v) is 11.0. The Morgan fingerprint density at radius 3 is 2.47 bits per heavy atom. The molecule has 0 saturated heterocycles. The highest BCUT2D eigenvalue weighted by molar-refractivity contribution is 5.47. The van der Waals surface area contributed by atoms with Gasteiger partial charge in [0.2, 0.25) is 0 Å². The van der Waals surface area contributed by atoms with Gasteiger partial charge in [0.05, 0.1) is 0 Å². The summed E-state index contributed by atoms with van der Waals surface area (Å²) in [5, 5.41) is 0. The fraction of sp³-hybridized carbons (Fsp3) is 0.571. The molecule has 3 nitrogen and oxygen atoms in total. The van der Waals surface area contributed by atoms with E-state index in [1.807, 2.05) is 0 Å². The van der Waals surface area contributed by atoms with Gasteiger partial charge in [0.15, 0.2) is 11.5 Å². The minimum absolute atomic E-state index is 0.657. The number of aryl methyl sites for hydroxylation is 1. The van der Waals surface area contributed by atoms with Gasteiger partial charge < -0.3 is 14.4 Å². The Bertz CT molecular complexity index is 390. The Balaban J connectivity index is 2.11. The molecule has 0 fully saturated rings. The number of rotatable bonds is 4. The van der Waals surface area contributed by atoms with E-state index in [4.69, 9.17) is 9.47 Å². The lowest BCUT2D eigenvalue weighted by molar-refractivity contribution is 0.171. The number of ether oxygens (including phenoxy) is 2. The summed E-state index contributed by atoms with van der Waals surface area (Å²) in [7, 11) is 2.15. The van der Waals surface area contributed by atoms with Crippen LogP contribution in [0.25, 0.3) is 0 Å². The van der Waals surface area contributed by atoms with Crippen LogP contribution >= 0.6 is 0 Å². The maximum atomic E-state index is 5.61. The number of hydrogen-bond donors (Lipinski definition) is 0. The molecule has 0 atom stereocenters. The first-order chi connectivity index (χ1) is 8.20. The van der Waals surface area contributed by atoms with E-state index in [1.165, 1.54) is 11.1 Å². The van der Waals surface area contributed by atoms with Gasteiger partial charge in [-0.2, -0.15) is 0 Å². The molecule has 0 amide bonds. The molecule has 17 heavy (non-hydrogen) atoms. The van der Waals surface area contributed by atoms with E-state index >= 15 is 0 Å². The Hall–Kier alpha value is -1.22. The van der Waals surface area contributed by atoms with E-state index in [0.29, 0.717) is 13.2 Å². The number of hydrogen-bond acceptors (Lipinski definition) is 3. The quantitative estimate of drug-likeness (QED) is 0.799. The Labute approximate surface area is 103 Å². The molecule has 0 radical (unpaired) electrons. The van der Waals surface area contributed by atoms with Crippen LogP contribution in [0, 0.1) is 6.92 Å². The molecule has 1 heterocycles. The molecule has 0 unspecified atom stereocenters. The van der Waals surface area contributed by atoms with E-state index in [1.54, 1.807) is 0 Å². The standard InChI is InChI=1S/C14H21NO2/c1-4-15(3)6-5-12-10-14-13(9-11(12)2)16-7-8-17-14/h9-10H,4-8H2,1-3H3. The first-order valence-corrected chi connectivity index (χ1v) is 6.28. The van der Waals surface area contributed by atoms with E-state index in [9.17, 15) is 0 Å². The van der Waals surface area contributed by atoms with Crippen molar-refractivity contribution in [3.05, 3.63) is 23.3 Å². The SMILES string of the molecule is CCN(C)CCc1cc2c(cc1C)OCCO2. The highest BCUT2D eigenvalue weighted by Gasteiger charge is 2.14. The van der Waals surface area contributed by atoms with E-state index in [-0.39, 0.29) is 0 Å². The number of fused-ring (bicyclic) bond motifs is 1. The number of benzene rings is 1. The molecule has 1 aliphatic heterocycles. The van der Waals surface area contributed by atoms with Crippen molar-refractivity contribution < 1.29 is 9.47 Å². The minimum atomic E-state index is 0.657. The van der Waals surface area contributed by atoms with Crippen LogP contribution in [0.15, 0.2) is 12.1 Å². The van der Waals surface area contributed by atoms with Crippen molar-refractivity contribution in [2.24, 2.45) is 0 Å². The molecular formula is C14H21NO2. The molecule has 0 aromatic heterocycles. The second kappa shape index (κ2) is 5.41. The fourth-order valence-electron chi connectivity index (χ4n) is 1.97. The van der Waals surface area contributed by atoms with Crippen LogP contribution in [0.1, 0.15) is 18.1 Å². The zero-order chi connectivity index (χ0) is 12.3. The van der Waals surface area contributed by atoms with Crippen molar-refractivity contribution in [3.63, 3.8) is 0 Å². The van der Waals surface area contributed by atoms with Crippen molar-refractivity contribution in [1.82, 2.24) is 4.90 Å². The maximum absolute atomic E-state index is 5.61. The maximum Gasteiger partial charge on any atom is 0.161 e. The predicted octanol–water partition coefficient (Wildman–Crippen LogP) is 2.26. The molecule has 1 aliphatic rings. The summed E-state index contributed by atoms with van der Waals surface area (Å²) in [5.41, 5.74) is 2.65. The summed E-state index contributed by atoms with van der Waals surface area (Å²) >= 11 is 0. The van der Waals surface area contributed by atoms with Crippen LogP contribution < -0.4 is 9.47 Å². The minimum Gasteiger partial charge on any atom is -0.486 e. The van der Waals surface area contributed by atoms with E-state index < -0.39 is 0 Å². The Morgan fingerprint density at radius 1 is 1.18 bits per heavy atom. The summed E-state index contributed by atoms with van der Waals surface area (Å²) in [6.45, 7) is 7.80. The number of nitrogens with zero attached hydrogens (tertiary/aromatic N) is 1. The van der Waals surface area contributed by atoms with Crippen LogP contribution in [0.5, 0.6) is 11.5 Å². The molecule has 3 heteroatoms. The topological polar surface area (TPSA) is 21.7 Å². The van der Waals surface area contributed by atoms with Gasteiger partial charge >= 0.3 is 0 Å². The summed E-state index contributed by atoms with van der Waals surface area (Å²) in [6.07, 6.45) is 1.06. The van der Waals surface area contributed by atoms with Crippen molar-refractivity contribution in [2.45, 2.75) is 20.3 Å². The van der Waals surface area contributed by atoms with E-state index in [2.05, 4.69) is 37.9 Å². The zero-order valence-electron chi connectivity index (χ0n) is 11.0. The van der Waals surface area contributed by atoms with Crippen LogP contribution in [0.3, 0.4) is 0 Å². The Morgan fingerprint density at radius 2 is 1.82 bits per heavy atom. The van der Waals surface area contributed by atoms with Crippen molar-refractivity contribution in [2.75, 3.05) is 33.4 Å². The normalized spacial score (nSPS) is 14.1. The van der Waals surface area contributed by atoms with Gasteiger partial charge in [-0.25, -0.2) is 0 Å². The molecular weight excluding hydrogens is 214 g/mol. The van der Waals surface area contributed by atoms with Gasteiger partial charge in [0.1, 0.15) is 13.2 Å². The van der Waals surface area contributed by atoms with Gasteiger partial charge in [-0.15, -0.1) is 0 Å². The first-order valence-electron chi connectivity index (χ1n) is 6.28. The molecule has 0 saturated carbocycles. The monoisotopic (exact) mass is 235 g/mol. The number of likely N-dealkylation sites (N-methyl/N-ethyl adjacent to an activating group) is 1. The van der Waals surface area contributed by atoms with Gasteiger partial charge in [0.25, 0.3) is 0 Å². The largest absolute Gasteiger partial charge is 0.486 e. The summed E-state index contributed by atoms with van der Waals surface area (Å²) in [5.74, 6) is 1.79. The smallest absolute Gasteiger partial charge is 0.161 e. The molecule has 1 aromatic carbocycles. The first kappa shape index (κ1) is 12.2. The van der Waals surface area contributed by atoms with Crippen LogP contribution in [-0.4, -0.2) is 38.3 Å². The second-order valence-electron chi connectivity index (χ2n) is 4.57.